The summed E-state index contributed by atoms with van der Waals surface area (Å²) in [6.07, 6.45) is 3.42. The van der Waals surface area contributed by atoms with Crippen molar-refractivity contribution in [2.75, 3.05) is 0 Å². The number of aryl methyl sites for hydroxylation is 3. The van der Waals surface area contributed by atoms with Crippen LogP contribution in [0.15, 0.2) is 48.8 Å². The third kappa shape index (κ3) is 3.35. The second kappa shape index (κ2) is 6.66. The molecule has 0 spiro atoms. The van der Waals surface area contributed by atoms with E-state index in [0.717, 1.165) is 22.4 Å². The van der Waals surface area contributed by atoms with Gasteiger partial charge in [-0.05, 0) is 49.2 Å². The number of benzene rings is 1. The average molecular weight is 320 g/mol. The maximum atomic E-state index is 12.4. The number of amides is 1. The Morgan fingerprint density at radius 3 is 2.62 bits per heavy atom. The van der Waals surface area contributed by atoms with Crippen LogP contribution in [0.1, 0.15) is 27.2 Å². The molecule has 0 aliphatic rings. The molecule has 1 aromatic carbocycles. The molecule has 0 atom stereocenters. The summed E-state index contributed by atoms with van der Waals surface area (Å²) < 4.78 is 1.75. The minimum Gasteiger partial charge on any atom is -0.347 e. The zero-order chi connectivity index (χ0) is 17.1. The molecule has 1 amide bonds. The second-order valence-electron chi connectivity index (χ2n) is 5.89. The lowest BCUT2D eigenvalue weighted by Crippen LogP contribution is -2.23. The van der Waals surface area contributed by atoms with E-state index in [9.17, 15) is 4.79 Å². The zero-order valence-corrected chi connectivity index (χ0v) is 14.1. The topological polar surface area (TPSA) is 59.8 Å². The van der Waals surface area contributed by atoms with Gasteiger partial charge in [-0.1, -0.05) is 17.7 Å². The number of hydrogen-bond acceptors (Lipinski definition) is 3. The van der Waals surface area contributed by atoms with Crippen LogP contribution in [-0.2, 0) is 13.6 Å². The predicted molar refractivity (Wildman–Crippen MR) is 93.5 cm³/mol. The summed E-state index contributed by atoms with van der Waals surface area (Å²) in [5.41, 5.74) is 5.79. The molecule has 1 N–H and O–H groups in total. The van der Waals surface area contributed by atoms with Crippen molar-refractivity contribution in [3.63, 3.8) is 0 Å². The highest BCUT2D eigenvalue weighted by atomic mass is 16.1. The molecule has 2 heterocycles. The van der Waals surface area contributed by atoms with Crippen molar-refractivity contribution in [2.24, 2.45) is 7.05 Å². The fourth-order valence-corrected chi connectivity index (χ4v) is 2.62. The standard InChI is InChI=1S/C19H20N4O/c1-13-4-5-14(2)16(10-13)18-11-17(22-23(18)3)19(24)21-12-15-6-8-20-9-7-15/h4-11H,12H2,1-3H3,(H,21,24). The summed E-state index contributed by atoms with van der Waals surface area (Å²) >= 11 is 0. The van der Waals surface area contributed by atoms with Gasteiger partial charge in [0, 0.05) is 31.5 Å². The van der Waals surface area contributed by atoms with Crippen molar-refractivity contribution in [2.45, 2.75) is 20.4 Å². The first-order valence-corrected chi connectivity index (χ1v) is 7.83. The molecule has 0 radical (unpaired) electrons. The maximum Gasteiger partial charge on any atom is 0.272 e. The lowest BCUT2D eigenvalue weighted by atomic mass is 10.0. The van der Waals surface area contributed by atoms with Crippen LogP contribution in [0.3, 0.4) is 0 Å². The third-order valence-electron chi connectivity index (χ3n) is 3.98. The van der Waals surface area contributed by atoms with Gasteiger partial charge < -0.3 is 5.32 Å². The summed E-state index contributed by atoms with van der Waals surface area (Å²) in [4.78, 5) is 16.3. The lowest BCUT2D eigenvalue weighted by molar-refractivity contribution is 0.0945. The molecule has 0 saturated heterocycles. The molecule has 3 aromatic rings. The Kier molecular flexibility index (Phi) is 4.42. The number of hydrogen-bond donors (Lipinski definition) is 1. The fourth-order valence-electron chi connectivity index (χ4n) is 2.62. The van der Waals surface area contributed by atoms with Gasteiger partial charge in [-0.2, -0.15) is 5.10 Å². The summed E-state index contributed by atoms with van der Waals surface area (Å²) in [5.74, 6) is -0.182. The normalized spacial score (nSPS) is 10.6. The molecule has 0 bridgehead atoms. The molecule has 0 saturated carbocycles. The number of carbonyl (C=O) groups excluding carboxylic acids is 1. The summed E-state index contributed by atoms with van der Waals surface area (Å²) in [5, 5.41) is 7.25. The first-order chi connectivity index (χ1) is 11.5. The van der Waals surface area contributed by atoms with Gasteiger partial charge in [0.25, 0.3) is 5.91 Å². The molecule has 0 aliphatic carbocycles. The summed E-state index contributed by atoms with van der Waals surface area (Å²) in [7, 11) is 1.86. The van der Waals surface area contributed by atoms with E-state index in [2.05, 4.69) is 47.4 Å². The third-order valence-corrected chi connectivity index (χ3v) is 3.98. The van der Waals surface area contributed by atoms with Crippen molar-refractivity contribution in [3.05, 3.63) is 71.2 Å². The van der Waals surface area contributed by atoms with Crippen LogP contribution in [0.5, 0.6) is 0 Å². The van der Waals surface area contributed by atoms with E-state index < -0.39 is 0 Å². The van der Waals surface area contributed by atoms with Gasteiger partial charge in [0.05, 0.1) is 5.69 Å². The van der Waals surface area contributed by atoms with E-state index in [-0.39, 0.29) is 5.91 Å². The lowest BCUT2D eigenvalue weighted by Gasteiger charge is -2.06. The Bertz CT molecular complexity index is 868. The Morgan fingerprint density at radius 2 is 1.88 bits per heavy atom. The van der Waals surface area contributed by atoms with Crippen LogP contribution in [0, 0.1) is 13.8 Å². The Labute approximate surface area is 141 Å². The number of carbonyl (C=O) groups is 1. The molecular formula is C19H20N4O. The van der Waals surface area contributed by atoms with Crippen molar-refractivity contribution in [1.29, 1.82) is 0 Å². The monoisotopic (exact) mass is 320 g/mol. The Hall–Kier alpha value is -2.95. The molecule has 5 nitrogen and oxygen atoms in total. The van der Waals surface area contributed by atoms with Crippen LogP contribution >= 0.6 is 0 Å². The van der Waals surface area contributed by atoms with Crippen molar-refractivity contribution >= 4 is 5.91 Å². The van der Waals surface area contributed by atoms with Crippen LogP contribution < -0.4 is 5.32 Å². The van der Waals surface area contributed by atoms with Gasteiger partial charge in [-0.25, -0.2) is 0 Å². The first-order valence-electron chi connectivity index (χ1n) is 7.83. The molecule has 0 aliphatic heterocycles. The molecule has 5 heteroatoms. The second-order valence-corrected chi connectivity index (χ2v) is 5.89. The number of pyridine rings is 1. The van der Waals surface area contributed by atoms with Gasteiger partial charge >= 0.3 is 0 Å². The number of aromatic nitrogens is 3. The van der Waals surface area contributed by atoms with Crippen molar-refractivity contribution in [1.82, 2.24) is 20.1 Å². The highest BCUT2D eigenvalue weighted by molar-refractivity contribution is 5.93. The molecular weight excluding hydrogens is 300 g/mol. The van der Waals surface area contributed by atoms with Gasteiger partial charge in [0.15, 0.2) is 5.69 Å². The molecule has 0 fully saturated rings. The summed E-state index contributed by atoms with van der Waals surface area (Å²) in [6.45, 7) is 4.57. The first kappa shape index (κ1) is 15.9. The van der Waals surface area contributed by atoms with Crippen LogP contribution in [-0.4, -0.2) is 20.7 Å². The minimum atomic E-state index is -0.182. The van der Waals surface area contributed by atoms with Gasteiger partial charge in [0.2, 0.25) is 0 Å². The van der Waals surface area contributed by atoms with Gasteiger partial charge in [-0.3, -0.25) is 14.5 Å². The van der Waals surface area contributed by atoms with E-state index in [0.29, 0.717) is 12.2 Å². The largest absolute Gasteiger partial charge is 0.347 e. The average Bonchev–Trinajstić information content (AvgIpc) is 2.97. The van der Waals surface area contributed by atoms with E-state index in [1.165, 1.54) is 5.56 Å². The van der Waals surface area contributed by atoms with Gasteiger partial charge in [-0.15, -0.1) is 0 Å². The highest BCUT2D eigenvalue weighted by Crippen LogP contribution is 2.25. The Morgan fingerprint density at radius 1 is 1.12 bits per heavy atom. The highest BCUT2D eigenvalue weighted by Gasteiger charge is 2.15. The van der Waals surface area contributed by atoms with E-state index in [1.807, 2.05) is 25.2 Å². The molecule has 0 unspecified atom stereocenters. The fraction of sp³-hybridized carbons (Fsp3) is 0.211. The molecule has 122 valence electrons. The maximum absolute atomic E-state index is 12.4. The van der Waals surface area contributed by atoms with Crippen LogP contribution in [0.4, 0.5) is 0 Å². The van der Waals surface area contributed by atoms with E-state index in [1.54, 1.807) is 17.1 Å². The molecule has 3 rings (SSSR count). The van der Waals surface area contributed by atoms with Crippen LogP contribution in [0.25, 0.3) is 11.3 Å². The SMILES string of the molecule is Cc1ccc(C)c(-c2cc(C(=O)NCc3ccncc3)nn2C)c1. The van der Waals surface area contributed by atoms with Crippen molar-refractivity contribution in [3.8, 4) is 11.3 Å². The molecule has 2 aromatic heterocycles. The number of nitrogens with one attached hydrogen (secondary N) is 1. The predicted octanol–water partition coefficient (Wildman–Crippen LogP) is 3.03. The van der Waals surface area contributed by atoms with Crippen LogP contribution in [0.2, 0.25) is 0 Å². The quantitative estimate of drug-likeness (QED) is 0.804. The number of rotatable bonds is 4. The van der Waals surface area contributed by atoms with Crippen molar-refractivity contribution < 1.29 is 4.79 Å². The molecule has 24 heavy (non-hydrogen) atoms. The van der Waals surface area contributed by atoms with E-state index >= 15 is 0 Å². The zero-order valence-electron chi connectivity index (χ0n) is 14.1. The Balaban J connectivity index is 1.81. The number of nitrogens with zero attached hydrogens (tertiary/aromatic N) is 3. The minimum absolute atomic E-state index is 0.182. The van der Waals surface area contributed by atoms with Gasteiger partial charge in [0.1, 0.15) is 0 Å². The summed E-state index contributed by atoms with van der Waals surface area (Å²) in [6, 6.07) is 11.9. The van der Waals surface area contributed by atoms with E-state index in [4.69, 9.17) is 0 Å². The smallest absolute Gasteiger partial charge is 0.272 e.